The van der Waals surface area contributed by atoms with Crippen LogP contribution in [0.15, 0.2) is 23.2 Å². The van der Waals surface area contributed by atoms with Crippen molar-refractivity contribution in [2.24, 2.45) is 0 Å². The Bertz CT molecular complexity index is 1470. The minimum absolute atomic E-state index is 0.0555. The summed E-state index contributed by atoms with van der Waals surface area (Å²) >= 11 is 0.646. The van der Waals surface area contributed by atoms with Crippen LogP contribution in [0, 0.1) is 11.3 Å². The third-order valence-corrected chi connectivity index (χ3v) is 8.52. The number of sulfonamides is 1. The number of halogens is 2. The summed E-state index contributed by atoms with van der Waals surface area (Å²) < 4.78 is 61.2. The normalized spacial score (nSPS) is 17.4. The van der Waals surface area contributed by atoms with Gasteiger partial charge in [0.2, 0.25) is 15.2 Å². The van der Waals surface area contributed by atoms with Crippen molar-refractivity contribution in [1.82, 2.24) is 29.6 Å². The van der Waals surface area contributed by atoms with Crippen LogP contribution in [-0.2, 0) is 14.8 Å². The van der Waals surface area contributed by atoms with Crippen molar-refractivity contribution >= 4 is 44.0 Å². The lowest BCUT2D eigenvalue weighted by atomic mass is 10.2. The SMILES string of the molecule is COC(=O)N1CCN(c2cc(S(=O)(=O)NC3(C#N)CC3)cc3c2cnn3-c2nnc(C(F)F)s2)CC1. The van der Waals surface area contributed by atoms with Crippen LogP contribution in [0.25, 0.3) is 16.0 Å². The Morgan fingerprint density at radius 2 is 1.97 bits per heavy atom. The molecule has 190 valence electrons. The van der Waals surface area contributed by atoms with Gasteiger partial charge in [0.15, 0.2) is 5.01 Å². The number of alkyl halides is 2. The second-order valence-electron chi connectivity index (χ2n) is 8.40. The summed E-state index contributed by atoms with van der Waals surface area (Å²) in [5, 5.41) is 21.1. The Balaban J connectivity index is 1.59. The van der Waals surface area contributed by atoms with Gasteiger partial charge >= 0.3 is 6.09 Å². The zero-order valence-corrected chi connectivity index (χ0v) is 20.5. The minimum atomic E-state index is -4.11. The van der Waals surface area contributed by atoms with Crippen molar-refractivity contribution in [2.75, 3.05) is 38.2 Å². The maximum absolute atomic E-state index is 13.3. The number of benzene rings is 1. The molecule has 1 saturated heterocycles. The number of nitriles is 1. The molecule has 5 rings (SSSR count). The predicted molar refractivity (Wildman–Crippen MR) is 124 cm³/mol. The average molecular weight is 539 g/mol. The molecule has 3 heterocycles. The minimum Gasteiger partial charge on any atom is -0.453 e. The standard InChI is InChI=1S/C20H20F2N8O4S2/c1-34-19(31)29-6-4-28(5-7-29)14-8-12(36(32,33)27-20(11-23)2-3-20)9-15-13(14)10-24-30(15)18-26-25-17(35-18)16(21)22/h8-10,16,27H,2-7H2,1H3. The highest BCUT2D eigenvalue weighted by Crippen LogP contribution is 2.38. The molecule has 3 aromatic rings. The number of piperazine rings is 1. The van der Waals surface area contributed by atoms with Crippen molar-refractivity contribution in [3.63, 3.8) is 0 Å². The van der Waals surface area contributed by atoms with Gasteiger partial charge in [-0.15, -0.1) is 10.2 Å². The maximum atomic E-state index is 13.3. The average Bonchev–Trinajstić information content (AvgIpc) is 3.26. The van der Waals surface area contributed by atoms with Crippen molar-refractivity contribution in [3.8, 4) is 11.2 Å². The first kappa shape index (κ1) is 24.3. The molecule has 0 bridgehead atoms. The zero-order valence-electron chi connectivity index (χ0n) is 18.9. The molecule has 1 N–H and O–H groups in total. The third-order valence-electron chi connectivity index (χ3n) is 6.10. The van der Waals surface area contributed by atoms with E-state index < -0.39 is 33.1 Å². The summed E-state index contributed by atoms with van der Waals surface area (Å²) in [6, 6.07) is 4.86. The molecule has 2 fully saturated rings. The van der Waals surface area contributed by atoms with Gasteiger partial charge in [-0.3, -0.25) is 0 Å². The first-order valence-corrected chi connectivity index (χ1v) is 13.1. The van der Waals surface area contributed by atoms with Crippen LogP contribution in [0.4, 0.5) is 19.3 Å². The molecular formula is C20H20F2N8O4S2. The van der Waals surface area contributed by atoms with Gasteiger partial charge in [0.1, 0.15) is 5.54 Å². The molecule has 1 aliphatic heterocycles. The van der Waals surface area contributed by atoms with Crippen molar-refractivity contribution < 1.29 is 26.7 Å². The number of hydrogen-bond donors (Lipinski definition) is 1. The molecule has 0 unspecified atom stereocenters. The Kier molecular flexibility index (Phi) is 6.01. The fourth-order valence-electron chi connectivity index (χ4n) is 3.99. The van der Waals surface area contributed by atoms with Crippen molar-refractivity contribution in [1.29, 1.82) is 5.26 Å². The number of carbonyl (C=O) groups is 1. The van der Waals surface area contributed by atoms with Crippen LogP contribution in [0.5, 0.6) is 0 Å². The van der Waals surface area contributed by atoms with E-state index in [4.69, 9.17) is 4.74 Å². The van der Waals surface area contributed by atoms with Gasteiger partial charge in [-0.05, 0) is 25.0 Å². The van der Waals surface area contributed by atoms with Crippen LogP contribution >= 0.6 is 11.3 Å². The van der Waals surface area contributed by atoms with Crippen LogP contribution in [0.3, 0.4) is 0 Å². The molecule has 1 aliphatic carbocycles. The first-order valence-electron chi connectivity index (χ1n) is 10.8. The lowest BCUT2D eigenvalue weighted by molar-refractivity contribution is 0.121. The molecule has 0 atom stereocenters. The molecule has 1 amide bonds. The van der Waals surface area contributed by atoms with Gasteiger partial charge in [-0.2, -0.15) is 15.1 Å². The largest absolute Gasteiger partial charge is 0.453 e. The number of methoxy groups -OCH3 is 1. The Morgan fingerprint density at radius 1 is 1.25 bits per heavy atom. The third kappa shape index (κ3) is 4.33. The number of amides is 1. The van der Waals surface area contributed by atoms with Gasteiger partial charge < -0.3 is 14.5 Å². The second kappa shape index (κ2) is 8.91. The van der Waals surface area contributed by atoms with Gasteiger partial charge in [-0.25, -0.2) is 26.7 Å². The quantitative estimate of drug-likeness (QED) is 0.498. The molecule has 2 aromatic heterocycles. The molecule has 0 radical (unpaired) electrons. The maximum Gasteiger partial charge on any atom is 0.409 e. The summed E-state index contributed by atoms with van der Waals surface area (Å²) in [5.41, 5.74) is -0.280. The van der Waals surface area contributed by atoms with Crippen LogP contribution in [0.1, 0.15) is 24.3 Å². The van der Waals surface area contributed by atoms with Gasteiger partial charge in [0, 0.05) is 37.3 Å². The Labute approximate surface area is 208 Å². The number of fused-ring (bicyclic) bond motifs is 1. The van der Waals surface area contributed by atoms with Crippen LogP contribution < -0.4 is 9.62 Å². The van der Waals surface area contributed by atoms with Gasteiger partial charge in [0.05, 0.1) is 29.8 Å². The van der Waals surface area contributed by atoms with E-state index in [2.05, 4.69) is 20.0 Å². The number of carbonyl (C=O) groups excluding carboxylic acids is 1. The lowest BCUT2D eigenvalue weighted by Crippen LogP contribution is -2.48. The summed E-state index contributed by atoms with van der Waals surface area (Å²) in [4.78, 5) is 15.2. The van der Waals surface area contributed by atoms with E-state index in [0.717, 1.165) is 0 Å². The zero-order chi connectivity index (χ0) is 25.7. The van der Waals surface area contributed by atoms with E-state index in [1.54, 1.807) is 0 Å². The summed E-state index contributed by atoms with van der Waals surface area (Å²) in [5.74, 6) is 0. The molecule has 36 heavy (non-hydrogen) atoms. The number of anilines is 1. The van der Waals surface area contributed by atoms with Crippen LogP contribution in [0.2, 0.25) is 0 Å². The first-order chi connectivity index (χ1) is 17.2. The van der Waals surface area contributed by atoms with E-state index >= 15 is 0 Å². The highest BCUT2D eigenvalue weighted by molar-refractivity contribution is 7.89. The highest BCUT2D eigenvalue weighted by atomic mass is 32.2. The molecule has 2 aliphatic rings. The van der Waals surface area contributed by atoms with Gasteiger partial charge in [0.25, 0.3) is 6.43 Å². The summed E-state index contributed by atoms with van der Waals surface area (Å²) in [7, 11) is -2.81. The molecular weight excluding hydrogens is 518 g/mol. The van der Waals surface area contributed by atoms with Crippen LogP contribution in [-0.4, -0.2) is 78.2 Å². The number of aromatic nitrogens is 4. The fraction of sp³-hybridized carbons (Fsp3) is 0.450. The molecule has 1 aromatic carbocycles. The van der Waals surface area contributed by atoms with E-state index in [9.17, 15) is 27.3 Å². The van der Waals surface area contributed by atoms with E-state index in [-0.39, 0.29) is 10.0 Å². The highest BCUT2D eigenvalue weighted by Gasteiger charge is 2.47. The van der Waals surface area contributed by atoms with E-state index in [0.29, 0.717) is 66.9 Å². The van der Waals surface area contributed by atoms with Crippen molar-refractivity contribution in [2.45, 2.75) is 29.7 Å². The van der Waals surface area contributed by atoms with E-state index in [1.807, 2.05) is 11.0 Å². The summed E-state index contributed by atoms with van der Waals surface area (Å²) in [6.45, 7) is 1.48. The number of hydrogen-bond acceptors (Lipinski definition) is 10. The number of nitrogens with one attached hydrogen (secondary N) is 1. The molecule has 12 nitrogen and oxygen atoms in total. The molecule has 1 saturated carbocycles. The van der Waals surface area contributed by atoms with Gasteiger partial charge in [-0.1, -0.05) is 11.3 Å². The summed E-state index contributed by atoms with van der Waals surface area (Å²) in [6.07, 6.45) is -0.938. The number of rotatable bonds is 6. The number of ether oxygens (including phenoxy) is 1. The van der Waals surface area contributed by atoms with Crippen molar-refractivity contribution in [3.05, 3.63) is 23.3 Å². The topological polar surface area (TPSA) is 146 Å². The smallest absolute Gasteiger partial charge is 0.409 e. The Morgan fingerprint density at radius 3 is 2.56 bits per heavy atom. The predicted octanol–water partition coefficient (Wildman–Crippen LogP) is 2.04. The molecule has 16 heteroatoms. The molecule has 0 spiro atoms. The second-order valence-corrected chi connectivity index (χ2v) is 11.1. The Hall–Kier alpha value is -3.42. The monoisotopic (exact) mass is 538 g/mol. The number of nitrogens with zero attached hydrogens (tertiary/aromatic N) is 7. The fourth-order valence-corrected chi connectivity index (χ4v) is 6.08. The lowest BCUT2D eigenvalue weighted by Gasteiger charge is -2.35. The van der Waals surface area contributed by atoms with E-state index in [1.165, 1.54) is 35.0 Å².